The van der Waals surface area contributed by atoms with Gasteiger partial charge >= 0.3 is 0 Å². The number of likely N-dealkylation sites (tertiary alicyclic amines) is 1. The molecule has 164 valence electrons. The monoisotopic (exact) mass is 417 g/mol. The molecular weight excluding hydrogens is 386 g/mol. The highest BCUT2D eigenvalue weighted by Crippen LogP contribution is 2.53. The van der Waals surface area contributed by atoms with Crippen molar-refractivity contribution >= 4 is 17.7 Å². The third-order valence-electron chi connectivity index (χ3n) is 6.82. The first-order valence-electron chi connectivity index (χ1n) is 10.8. The van der Waals surface area contributed by atoms with E-state index in [4.69, 9.17) is 4.74 Å². The van der Waals surface area contributed by atoms with Crippen LogP contribution in [0.3, 0.4) is 0 Å². The summed E-state index contributed by atoms with van der Waals surface area (Å²) >= 11 is 0. The molecule has 0 bridgehead atoms. The Labute approximate surface area is 177 Å². The number of likely N-dealkylation sites (N-methyl/N-ethyl adjacent to an activating group) is 1. The fourth-order valence-electron chi connectivity index (χ4n) is 5.38. The summed E-state index contributed by atoms with van der Waals surface area (Å²) in [7, 11) is 1.73. The van der Waals surface area contributed by atoms with Crippen molar-refractivity contribution < 1.29 is 24.2 Å². The van der Waals surface area contributed by atoms with Crippen molar-refractivity contribution in [1.29, 1.82) is 0 Å². The minimum atomic E-state index is -1.15. The van der Waals surface area contributed by atoms with Gasteiger partial charge in [0.2, 0.25) is 17.7 Å². The molecule has 4 rings (SSSR count). The number of rotatable bonds is 5. The molecule has 8 heteroatoms. The van der Waals surface area contributed by atoms with Crippen molar-refractivity contribution in [3.8, 4) is 0 Å². The fourth-order valence-corrected chi connectivity index (χ4v) is 5.38. The molecule has 0 saturated carbocycles. The van der Waals surface area contributed by atoms with Gasteiger partial charge in [-0.1, -0.05) is 24.3 Å². The van der Waals surface area contributed by atoms with Crippen molar-refractivity contribution in [3.05, 3.63) is 24.3 Å². The van der Waals surface area contributed by atoms with Gasteiger partial charge in [0, 0.05) is 39.3 Å². The van der Waals surface area contributed by atoms with Crippen molar-refractivity contribution in [1.82, 2.24) is 14.7 Å². The highest BCUT2D eigenvalue weighted by molar-refractivity contribution is 5.99. The van der Waals surface area contributed by atoms with Crippen molar-refractivity contribution in [2.24, 2.45) is 11.8 Å². The van der Waals surface area contributed by atoms with Crippen LogP contribution in [0.25, 0.3) is 0 Å². The smallest absolute Gasteiger partial charge is 0.249 e. The number of hydrogen-bond acceptors (Lipinski definition) is 5. The third-order valence-corrected chi connectivity index (χ3v) is 6.82. The molecule has 4 aliphatic rings. The maximum absolute atomic E-state index is 13.7. The van der Waals surface area contributed by atoms with Gasteiger partial charge in [-0.3, -0.25) is 14.4 Å². The normalized spacial score (nSPS) is 35.6. The Hall–Kier alpha value is -2.19. The van der Waals surface area contributed by atoms with Crippen LogP contribution in [0.4, 0.5) is 0 Å². The summed E-state index contributed by atoms with van der Waals surface area (Å²) in [6, 6.07) is -0.821. The van der Waals surface area contributed by atoms with Crippen molar-refractivity contribution in [2.75, 3.05) is 33.3 Å². The summed E-state index contributed by atoms with van der Waals surface area (Å²) < 4.78 is 6.48. The highest BCUT2D eigenvalue weighted by Gasteiger charge is 2.71. The number of hydrogen-bond donors (Lipinski definition) is 1. The van der Waals surface area contributed by atoms with Crippen molar-refractivity contribution in [2.45, 2.75) is 50.5 Å². The van der Waals surface area contributed by atoms with E-state index in [2.05, 4.69) is 0 Å². The second kappa shape index (κ2) is 7.81. The van der Waals surface area contributed by atoms with Gasteiger partial charge in [-0.25, -0.2) is 0 Å². The van der Waals surface area contributed by atoms with E-state index in [1.165, 1.54) is 0 Å². The second-order valence-corrected chi connectivity index (χ2v) is 8.94. The molecule has 1 N–H and O–H groups in total. The van der Waals surface area contributed by atoms with Gasteiger partial charge in [0.1, 0.15) is 11.6 Å². The van der Waals surface area contributed by atoms with E-state index in [1.807, 2.05) is 38.2 Å². The van der Waals surface area contributed by atoms with Gasteiger partial charge in [0.05, 0.1) is 17.9 Å². The van der Waals surface area contributed by atoms with Crippen LogP contribution in [0.1, 0.15) is 26.7 Å². The Morgan fingerprint density at radius 1 is 1.13 bits per heavy atom. The van der Waals surface area contributed by atoms with E-state index >= 15 is 0 Å². The quantitative estimate of drug-likeness (QED) is 0.509. The second-order valence-electron chi connectivity index (χ2n) is 8.94. The molecule has 1 spiro atoms. The number of carbonyl (C=O) groups excluding carboxylic acids is 3. The van der Waals surface area contributed by atoms with Gasteiger partial charge in [0.15, 0.2) is 0 Å². The molecule has 30 heavy (non-hydrogen) atoms. The number of unbranched alkanes of at least 4 members (excludes halogenated alkanes) is 1. The van der Waals surface area contributed by atoms with Gasteiger partial charge in [-0.15, -0.1) is 0 Å². The zero-order valence-electron chi connectivity index (χ0n) is 17.9. The Morgan fingerprint density at radius 2 is 1.90 bits per heavy atom. The summed E-state index contributed by atoms with van der Waals surface area (Å²) in [5.74, 6) is -1.84. The molecule has 2 fully saturated rings. The van der Waals surface area contributed by atoms with Crippen LogP contribution >= 0.6 is 0 Å². The number of aliphatic hydroxyl groups excluding tert-OH is 1. The maximum Gasteiger partial charge on any atom is 0.249 e. The van der Waals surface area contributed by atoms with E-state index in [9.17, 15) is 19.5 Å². The highest BCUT2D eigenvalue weighted by atomic mass is 16.5. The molecule has 0 aromatic heterocycles. The number of carbonyl (C=O) groups is 3. The molecule has 0 radical (unpaired) electrons. The molecule has 4 heterocycles. The molecule has 1 unspecified atom stereocenters. The predicted octanol–water partition coefficient (Wildman–Crippen LogP) is 0.175. The van der Waals surface area contributed by atoms with Gasteiger partial charge in [-0.2, -0.15) is 0 Å². The first-order valence-corrected chi connectivity index (χ1v) is 10.8. The lowest BCUT2D eigenvalue weighted by molar-refractivity contribution is -0.149. The van der Waals surface area contributed by atoms with Crippen LogP contribution < -0.4 is 0 Å². The predicted molar refractivity (Wildman–Crippen MR) is 109 cm³/mol. The Kier molecular flexibility index (Phi) is 5.48. The number of fused-ring (bicyclic) bond motifs is 2. The zero-order chi connectivity index (χ0) is 21.6. The first kappa shape index (κ1) is 21.1. The van der Waals surface area contributed by atoms with Gasteiger partial charge in [0.25, 0.3) is 0 Å². The average Bonchev–Trinajstić information content (AvgIpc) is 3.01. The first-order chi connectivity index (χ1) is 14.3. The molecule has 4 aliphatic heterocycles. The standard InChI is InChI=1S/C22H31N3O5/c1-14(2)24-12-7-9-22-17(16-15(30-22)8-6-10-23(3)19(16)27)20(28)25(11-4-5-13-26)18(22)21(24)29/h6-9,14-18,26H,4-5,10-13H2,1-3H3/t15-,16+,17+,18?,22+/m1/s1. The average molecular weight is 418 g/mol. The summed E-state index contributed by atoms with van der Waals surface area (Å²) in [4.78, 5) is 45.5. The number of ether oxygens (including phenoxy) is 1. The minimum Gasteiger partial charge on any atom is -0.396 e. The minimum absolute atomic E-state index is 0.0229. The molecule has 0 aromatic rings. The molecule has 5 atom stereocenters. The van der Waals surface area contributed by atoms with E-state index in [0.29, 0.717) is 32.5 Å². The van der Waals surface area contributed by atoms with Crippen LogP contribution in [0.15, 0.2) is 24.3 Å². The third kappa shape index (κ3) is 3.00. The van der Waals surface area contributed by atoms with Crippen LogP contribution in [0.5, 0.6) is 0 Å². The van der Waals surface area contributed by atoms with E-state index in [1.54, 1.807) is 21.7 Å². The molecule has 8 nitrogen and oxygen atoms in total. The number of nitrogens with zero attached hydrogens (tertiary/aromatic N) is 3. The molecule has 0 aliphatic carbocycles. The SMILES string of the molecule is CC(C)N1CC=C[C@]23O[C@@H]4C=CCN(C)C(=O)[C@@H]4[C@H]2C(=O)N(CCCCO)C3C1=O. The molecule has 2 saturated heterocycles. The lowest BCUT2D eigenvalue weighted by atomic mass is 9.77. The van der Waals surface area contributed by atoms with Gasteiger partial charge < -0.3 is 24.5 Å². The Balaban J connectivity index is 1.80. The lowest BCUT2D eigenvalue weighted by Crippen LogP contribution is -2.56. The summed E-state index contributed by atoms with van der Waals surface area (Å²) in [5.41, 5.74) is -1.15. The largest absolute Gasteiger partial charge is 0.396 e. The maximum atomic E-state index is 13.7. The summed E-state index contributed by atoms with van der Waals surface area (Å²) in [6.07, 6.45) is 8.12. The van der Waals surface area contributed by atoms with Crippen LogP contribution in [0, 0.1) is 11.8 Å². The number of amides is 3. The lowest BCUT2D eigenvalue weighted by Gasteiger charge is -2.36. The zero-order valence-corrected chi connectivity index (χ0v) is 17.9. The molecule has 3 amide bonds. The van der Waals surface area contributed by atoms with Crippen LogP contribution in [-0.2, 0) is 19.1 Å². The van der Waals surface area contributed by atoms with Crippen LogP contribution in [0.2, 0.25) is 0 Å². The summed E-state index contributed by atoms with van der Waals surface area (Å²) in [6.45, 7) is 5.21. The molecule has 0 aromatic carbocycles. The molecular formula is C22H31N3O5. The van der Waals surface area contributed by atoms with E-state index in [-0.39, 0.29) is 30.4 Å². The Morgan fingerprint density at radius 3 is 2.60 bits per heavy atom. The Bertz CT molecular complexity index is 794. The van der Waals surface area contributed by atoms with E-state index < -0.39 is 29.6 Å². The van der Waals surface area contributed by atoms with Crippen LogP contribution in [-0.4, -0.2) is 94.6 Å². The van der Waals surface area contributed by atoms with Gasteiger partial charge in [-0.05, 0) is 26.7 Å². The number of aliphatic hydroxyl groups is 1. The van der Waals surface area contributed by atoms with Crippen molar-refractivity contribution in [3.63, 3.8) is 0 Å². The van der Waals surface area contributed by atoms with E-state index in [0.717, 1.165) is 0 Å². The fraction of sp³-hybridized carbons (Fsp3) is 0.682. The summed E-state index contributed by atoms with van der Waals surface area (Å²) in [5, 5.41) is 9.19. The topological polar surface area (TPSA) is 90.4 Å².